The zero-order valence-corrected chi connectivity index (χ0v) is 15.6. The summed E-state index contributed by atoms with van der Waals surface area (Å²) in [5.74, 6) is -0.741. The second-order valence-corrected chi connectivity index (χ2v) is 7.62. The molecule has 1 N–H and O–H groups in total. The number of benzene rings is 2. The molecule has 2 aromatic carbocycles. The molecule has 3 aromatic rings. The molecule has 1 aliphatic rings. The number of carbonyl (C=O) groups is 2. The van der Waals surface area contributed by atoms with Gasteiger partial charge in [0.25, 0.3) is 11.8 Å². The lowest BCUT2D eigenvalue weighted by Crippen LogP contribution is -2.35. The van der Waals surface area contributed by atoms with Crippen LogP contribution in [0.2, 0.25) is 0 Å². The van der Waals surface area contributed by atoms with Crippen molar-refractivity contribution in [3.8, 4) is 0 Å². The van der Waals surface area contributed by atoms with Crippen LogP contribution < -0.4 is 10.4 Å². The number of para-hydroxylation sites is 2. The van der Waals surface area contributed by atoms with Gasteiger partial charge in [0.2, 0.25) is 0 Å². The van der Waals surface area contributed by atoms with Gasteiger partial charge in [0.15, 0.2) is 0 Å². The van der Waals surface area contributed by atoms with Crippen LogP contribution >= 0.6 is 0 Å². The van der Waals surface area contributed by atoms with Gasteiger partial charge in [-0.25, -0.2) is 5.01 Å². The van der Waals surface area contributed by atoms with E-state index in [9.17, 15) is 9.59 Å². The molecule has 0 atom stereocenters. The van der Waals surface area contributed by atoms with Gasteiger partial charge in [0.05, 0.1) is 5.69 Å². The Hall–Kier alpha value is -3.34. The maximum absolute atomic E-state index is 12.8. The Balaban J connectivity index is 1.80. The van der Waals surface area contributed by atoms with Gasteiger partial charge in [-0.3, -0.25) is 15.0 Å². The molecule has 1 aliphatic heterocycles. The Morgan fingerprint density at radius 2 is 1.59 bits per heavy atom. The Bertz CT molecular complexity index is 1070. The Morgan fingerprint density at radius 3 is 2.30 bits per heavy atom. The van der Waals surface area contributed by atoms with E-state index in [-0.39, 0.29) is 17.0 Å². The average Bonchev–Trinajstić information content (AvgIpc) is 3.16. The van der Waals surface area contributed by atoms with Crippen molar-refractivity contribution in [2.24, 2.45) is 0 Å². The summed E-state index contributed by atoms with van der Waals surface area (Å²) in [5, 5.41) is 2.30. The van der Waals surface area contributed by atoms with Gasteiger partial charge >= 0.3 is 0 Å². The van der Waals surface area contributed by atoms with Crippen LogP contribution in [0.4, 0.5) is 5.69 Å². The number of amides is 2. The minimum Gasteiger partial charge on any atom is -0.342 e. The average molecular weight is 359 g/mol. The summed E-state index contributed by atoms with van der Waals surface area (Å²) >= 11 is 0. The fourth-order valence-corrected chi connectivity index (χ4v) is 3.35. The number of hydrogen-bond donors (Lipinski definition) is 1. The van der Waals surface area contributed by atoms with Crippen molar-refractivity contribution >= 4 is 34.5 Å². The minimum absolute atomic E-state index is 0.117. The number of fused-ring (bicyclic) bond motifs is 1. The van der Waals surface area contributed by atoms with Crippen LogP contribution in [-0.4, -0.2) is 16.4 Å². The summed E-state index contributed by atoms with van der Waals surface area (Å²) in [6.45, 7) is 6.38. The van der Waals surface area contributed by atoms with E-state index in [4.69, 9.17) is 0 Å². The second-order valence-electron chi connectivity index (χ2n) is 7.62. The maximum Gasteiger partial charge on any atom is 0.282 e. The predicted octanol–water partition coefficient (Wildman–Crippen LogP) is 3.86. The van der Waals surface area contributed by atoms with E-state index in [2.05, 4.69) is 36.8 Å². The summed E-state index contributed by atoms with van der Waals surface area (Å²) in [7, 11) is 0. The van der Waals surface area contributed by atoms with Crippen molar-refractivity contribution < 1.29 is 9.59 Å². The van der Waals surface area contributed by atoms with E-state index >= 15 is 0 Å². The molecule has 2 amide bonds. The van der Waals surface area contributed by atoms with Gasteiger partial charge in [-0.15, -0.1) is 0 Å². The molecule has 5 heteroatoms. The number of hydrazine groups is 1. The van der Waals surface area contributed by atoms with Gasteiger partial charge in [0, 0.05) is 28.2 Å². The van der Waals surface area contributed by atoms with Crippen LogP contribution in [0.3, 0.4) is 0 Å². The molecular weight excluding hydrogens is 338 g/mol. The first-order valence-electron chi connectivity index (χ1n) is 8.89. The van der Waals surface area contributed by atoms with Crippen molar-refractivity contribution in [2.75, 3.05) is 5.01 Å². The predicted molar refractivity (Wildman–Crippen MR) is 107 cm³/mol. The molecule has 0 unspecified atom stereocenters. The number of nitrogens with one attached hydrogen (secondary N) is 1. The smallest absolute Gasteiger partial charge is 0.282 e. The summed E-state index contributed by atoms with van der Waals surface area (Å²) in [6.07, 6.45) is 3.69. The molecule has 1 fully saturated rings. The van der Waals surface area contributed by atoms with E-state index < -0.39 is 5.91 Å². The van der Waals surface area contributed by atoms with Crippen molar-refractivity contribution in [3.63, 3.8) is 0 Å². The lowest BCUT2D eigenvalue weighted by atomic mass is 10.1. The molecule has 27 heavy (non-hydrogen) atoms. The monoisotopic (exact) mass is 359 g/mol. The highest BCUT2D eigenvalue weighted by Crippen LogP contribution is 2.30. The first kappa shape index (κ1) is 17.1. The van der Waals surface area contributed by atoms with Crippen LogP contribution in [0, 0.1) is 0 Å². The normalized spacial score (nSPS) is 16.4. The third-order valence-corrected chi connectivity index (χ3v) is 4.67. The van der Waals surface area contributed by atoms with Crippen molar-refractivity contribution in [2.45, 2.75) is 26.3 Å². The molecular formula is C22H21N3O2. The fourth-order valence-electron chi connectivity index (χ4n) is 3.35. The molecule has 0 spiro atoms. The Morgan fingerprint density at radius 1 is 0.926 bits per heavy atom. The zero-order chi connectivity index (χ0) is 19.2. The Labute approximate surface area is 157 Å². The highest BCUT2D eigenvalue weighted by molar-refractivity contribution is 6.32. The summed E-state index contributed by atoms with van der Waals surface area (Å²) in [6, 6.07) is 17.1. The first-order chi connectivity index (χ1) is 12.9. The molecule has 0 bridgehead atoms. The summed E-state index contributed by atoms with van der Waals surface area (Å²) in [4.78, 5) is 25.3. The molecule has 136 valence electrons. The number of nitrogens with zero attached hydrogens (tertiary/aromatic N) is 2. The quantitative estimate of drug-likeness (QED) is 0.558. The van der Waals surface area contributed by atoms with E-state index in [1.165, 1.54) is 5.01 Å². The fraction of sp³-hybridized carbons (Fsp3) is 0.182. The molecule has 1 aromatic heterocycles. The minimum atomic E-state index is -0.392. The molecule has 0 saturated carbocycles. The molecule has 0 radical (unpaired) electrons. The standard InChI is InChI=1S/C22H21N3O2/c1-22(2,3)24-14-15(17-11-7-8-12-19(17)24)13-18-20(26)23-25(21(18)27)16-9-5-4-6-10-16/h4-14H,1-3H3,(H,23,26). The number of hydrogen-bond acceptors (Lipinski definition) is 2. The van der Waals surface area contributed by atoms with Gasteiger partial charge in [-0.1, -0.05) is 36.4 Å². The van der Waals surface area contributed by atoms with Gasteiger partial charge in [-0.05, 0) is 45.0 Å². The number of carbonyl (C=O) groups excluding carboxylic acids is 2. The SMILES string of the molecule is CC(C)(C)n1cc(C=C2C(=O)NN(c3ccccc3)C2=O)c2ccccc21. The van der Waals surface area contributed by atoms with E-state index in [1.54, 1.807) is 18.2 Å². The van der Waals surface area contributed by atoms with Crippen LogP contribution in [0.25, 0.3) is 17.0 Å². The van der Waals surface area contributed by atoms with Crippen LogP contribution in [0.5, 0.6) is 0 Å². The van der Waals surface area contributed by atoms with Crippen LogP contribution in [0.1, 0.15) is 26.3 Å². The highest BCUT2D eigenvalue weighted by atomic mass is 16.2. The van der Waals surface area contributed by atoms with Gasteiger partial charge < -0.3 is 4.57 Å². The molecule has 5 nitrogen and oxygen atoms in total. The van der Waals surface area contributed by atoms with Crippen molar-refractivity contribution in [3.05, 3.63) is 71.9 Å². The third kappa shape index (κ3) is 2.91. The van der Waals surface area contributed by atoms with Gasteiger partial charge in [0.1, 0.15) is 5.57 Å². The molecule has 1 saturated heterocycles. The lowest BCUT2D eigenvalue weighted by molar-refractivity contribution is -0.117. The number of aromatic nitrogens is 1. The highest BCUT2D eigenvalue weighted by Gasteiger charge is 2.34. The topological polar surface area (TPSA) is 54.3 Å². The maximum atomic E-state index is 12.8. The summed E-state index contributed by atoms with van der Waals surface area (Å²) < 4.78 is 2.17. The number of rotatable bonds is 2. The van der Waals surface area contributed by atoms with Crippen molar-refractivity contribution in [1.82, 2.24) is 9.99 Å². The van der Waals surface area contributed by atoms with E-state index in [1.807, 2.05) is 42.6 Å². The van der Waals surface area contributed by atoms with Crippen LogP contribution in [0.15, 0.2) is 66.4 Å². The first-order valence-corrected chi connectivity index (χ1v) is 8.89. The largest absolute Gasteiger partial charge is 0.342 e. The molecule has 0 aliphatic carbocycles. The molecule has 2 heterocycles. The lowest BCUT2D eigenvalue weighted by Gasteiger charge is -2.22. The molecule has 4 rings (SSSR count). The Kier molecular flexibility index (Phi) is 3.88. The van der Waals surface area contributed by atoms with Gasteiger partial charge in [-0.2, -0.15) is 0 Å². The van der Waals surface area contributed by atoms with Crippen LogP contribution in [-0.2, 0) is 15.1 Å². The zero-order valence-electron chi connectivity index (χ0n) is 15.6. The second kappa shape index (κ2) is 6.13. The summed E-state index contributed by atoms with van der Waals surface area (Å²) in [5.41, 5.74) is 5.23. The van der Waals surface area contributed by atoms with Crippen molar-refractivity contribution in [1.29, 1.82) is 0 Å². The third-order valence-electron chi connectivity index (χ3n) is 4.67. The number of anilines is 1. The van der Waals surface area contributed by atoms with E-state index in [0.717, 1.165) is 16.5 Å². The van der Waals surface area contributed by atoms with E-state index in [0.29, 0.717) is 5.69 Å².